The van der Waals surface area contributed by atoms with Gasteiger partial charge in [-0.05, 0) is 59.0 Å². The Morgan fingerprint density at radius 3 is 2.63 bits per heavy atom. The molecular formula is C15H31N3O. The first kappa shape index (κ1) is 16.4. The van der Waals surface area contributed by atoms with Crippen LogP contribution in [0.25, 0.3) is 0 Å². The zero-order valence-electron chi connectivity index (χ0n) is 13.0. The smallest absolute Gasteiger partial charge is 0.238 e. The standard InChI is InChI=1S/C15H31N3O/c1-5-13-7-6-9-18(10-8-13)11-15(4,14(16)19)17-12(2)3/h12-13,17H,5-11H2,1-4H3,(H2,16,19). The van der Waals surface area contributed by atoms with E-state index in [-0.39, 0.29) is 11.9 Å². The Morgan fingerprint density at radius 2 is 2.11 bits per heavy atom. The van der Waals surface area contributed by atoms with Crippen LogP contribution in [0, 0.1) is 5.92 Å². The number of hydrogen-bond donors (Lipinski definition) is 2. The van der Waals surface area contributed by atoms with Gasteiger partial charge in [0, 0.05) is 12.6 Å². The number of carbonyl (C=O) groups excluding carboxylic acids is 1. The van der Waals surface area contributed by atoms with Gasteiger partial charge in [-0.1, -0.05) is 13.3 Å². The molecule has 0 aromatic carbocycles. The maximum atomic E-state index is 11.8. The van der Waals surface area contributed by atoms with Gasteiger partial charge in [0.15, 0.2) is 0 Å². The minimum absolute atomic E-state index is 0.252. The van der Waals surface area contributed by atoms with Crippen molar-refractivity contribution in [1.29, 1.82) is 0 Å². The second kappa shape index (κ2) is 7.25. The lowest BCUT2D eigenvalue weighted by Gasteiger charge is -2.35. The molecule has 4 nitrogen and oxygen atoms in total. The van der Waals surface area contributed by atoms with Crippen LogP contribution in [0.5, 0.6) is 0 Å². The average molecular weight is 269 g/mol. The monoisotopic (exact) mass is 269 g/mol. The molecule has 1 aliphatic rings. The number of primary amides is 1. The van der Waals surface area contributed by atoms with E-state index in [0.29, 0.717) is 0 Å². The number of nitrogens with two attached hydrogens (primary N) is 1. The summed E-state index contributed by atoms with van der Waals surface area (Å²) in [5, 5.41) is 3.33. The average Bonchev–Trinajstić information content (AvgIpc) is 2.52. The van der Waals surface area contributed by atoms with E-state index in [1.165, 1.54) is 25.7 Å². The van der Waals surface area contributed by atoms with Crippen molar-refractivity contribution in [2.24, 2.45) is 11.7 Å². The third-order valence-corrected chi connectivity index (χ3v) is 4.21. The maximum absolute atomic E-state index is 11.8. The molecule has 0 aromatic heterocycles. The number of nitrogens with zero attached hydrogens (tertiary/aromatic N) is 1. The molecule has 0 radical (unpaired) electrons. The van der Waals surface area contributed by atoms with Gasteiger partial charge in [0.1, 0.15) is 5.54 Å². The molecule has 2 unspecified atom stereocenters. The predicted octanol–water partition coefficient (Wildman–Crippen LogP) is 1.74. The van der Waals surface area contributed by atoms with Crippen molar-refractivity contribution < 1.29 is 4.79 Å². The first-order valence-electron chi connectivity index (χ1n) is 7.67. The first-order valence-corrected chi connectivity index (χ1v) is 7.67. The van der Waals surface area contributed by atoms with Gasteiger partial charge in [0.05, 0.1) is 0 Å². The van der Waals surface area contributed by atoms with Gasteiger partial charge >= 0.3 is 0 Å². The molecule has 0 aliphatic carbocycles. The minimum atomic E-state index is -0.625. The van der Waals surface area contributed by atoms with Crippen molar-refractivity contribution in [2.75, 3.05) is 19.6 Å². The second-order valence-electron chi connectivity index (χ2n) is 6.48. The number of nitrogens with one attached hydrogen (secondary N) is 1. The van der Waals surface area contributed by atoms with E-state index in [0.717, 1.165) is 25.6 Å². The zero-order valence-corrected chi connectivity index (χ0v) is 13.0. The third-order valence-electron chi connectivity index (χ3n) is 4.21. The Bertz CT molecular complexity index is 293. The van der Waals surface area contributed by atoms with Gasteiger partial charge in [-0.2, -0.15) is 0 Å². The van der Waals surface area contributed by atoms with E-state index in [9.17, 15) is 4.79 Å². The molecule has 3 N–H and O–H groups in total. The van der Waals surface area contributed by atoms with Crippen LogP contribution < -0.4 is 11.1 Å². The summed E-state index contributed by atoms with van der Waals surface area (Å²) in [6.45, 7) is 11.2. The number of carbonyl (C=O) groups is 1. The molecule has 19 heavy (non-hydrogen) atoms. The molecule has 0 spiro atoms. The number of hydrogen-bond acceptors (Lipinski definition) is 3. The SMILES string of the molecule is CCC1CCCN(CC(C)(NC(C)C)C(N)=O)CC1. The molecular weight excluding hydrogens is 238 g/mol. The minimum Gasteiger partial charge on any atom is -0.368 e. The Labute approximate surface area is 118 Å². The van der Waals surface area contributed by atoms with Crippen LogP contribution in [0.3, 0.4) is 0 Å². The largest absolute Gasteiger partial charge is 0.368 e. The van der Waals surface area contributed by atoms with Gasteiger partial charge in [-0.15, -0.1) is 0 Å². The fraction of sp³-hybridized carbons (Fsp3) is 0.933. The second-order valence-corrected chi connectivity index (χ2v) is 6.48. The van der Waals surface area contributed by atoms with E-state index in [1.54, 1.807) is 0 Å². The highest BCUT2D eigenvalue weighted by atomic mass is 16.1. The molecule has 1 rings (SSSR count). The van der Waals surface area contributed by atoms with Crippen LogP contribution in [0.2, 0.25) is 0 Å². The molecule has 1 heterocycles. The van der Waals surface area contributed by atoms with Gasteiger partial charge in [0.2, 0.25) is 5.91 Å². The molecule has 1 fully saturated rings. The Morgan fingerprint density at radius 1 is 1.42 bits per heavy atom. The summed E-state index contributed by atoms with van der Waals surface area (Å²) < 4.78 is 0. The van der Waals surface area contributed by atoms with Crippen molar-refractivity contribution in [3.8, 4) is 0 Å². The van der Waals surface area contributed by atoms with Gasteiger partial charge in [0.25, 0.3) is 0 Å². The fourth-order valence-corrected chi connectivity index (χ4v) is 3.07. The van der Waals surface area contributed by atoms with Crippen molar-refractivity contribution in [3.63, 3.8) is 0 Å². The van der Waals surface area contributed by atoms with Gasteiger partial charge in [-0.25, -0.2) is 0 Å². The summed E-state index contributed by atoms with van der Waals surface area (Å²) in [6.07, 6.45) is 5.06. The van der Waals surface area contributed by atoms with Crippen LogP contribution in [0.15, 0.2) is 0 Å². The molecule has 1 aliphatic heterocycles. The quantitative estimate of drug-likeness (QED) is 0.772. The first-order chi connectivity index (χ1) is 8.87. The Hall–Kier alpha value is -0.610. The summed E-state index contributed by atoms with van der Waals surface area (Å²) in [5.74, 6) is 0.598. The predicted molar refractivity (Wildman–Crippen MR) is 79.9 cm³/mol. The normalized spacial score (nSPS) is 25.0. The third kappa shape index (κ3) is 5.11. The van der Waals surface area contributed by atoms with E-state index in [4.69, 9.17) is 5.73 Å². The maximum Gasteiger partial charge on any atom is 0.238 e. The summed E-state index contributed by atoms with van der Waals surface area (Å²) >= 11 is 0. The highest BCUT2D eigenvalue weighted by Crippen LogP contribution is 2.21. The lowest BCUT2D eigenvalue weighted by atomic mass is 9.98. The summed E-state index contributed by atoms with van der Waals surface area (Å²) in [7, 11) is 0. The van der Waals surface area contributed by atoms with E-state index in [2.05, 4.69) is 31.0 Å². The van der Waals surface area contributed by atoms with E-state index < -0.39 is 5.54 Å². The zero-order chi connectivity index (χ0) is 14.5. The number of amides is 1. The molecule has 2 atom stereocenters. The van der Waals surface area contributed by atoms with Crippen LogP contribution in [0.1, 0.15) is 53.4 Å². The summed E-state index contributed by atoms with van der Waals surface area (Å²) in [6, 6.07) is 0.257. The van der Waals surface area contributed by atoms with Crippen molar-refractivity contribution >= 4 is 5.91 Å². The Balaban J connectivity index is 2.61. The van der Waals surface area contributed by atoms with Gasteiger partial charge in [-0.3, -0.25) is 4.79 Å². The summed E-state index contributed by atoms with van der Waals surface area (Å²) in [5.41, 5.74) is 4.98. The molecule has 0 saturated carbocycles. The van der Waals surface area contributed by atoms with Crippen molar-refractivity contribution in [1.82, 2.24) is 10.2 Å². The van der Waals surface area contributed by atoms with Crippen LogP contribution in [-0.2, 0) is 4.79 Å². The number of rotatable bonds is 6. The molecule has 112 valence electrons. The fourth-order valence-electron chi connectivity index (χ4n) is 3.07. The molecule has 1 saturated heterocycles. The molecule has 0 bridgehead atoms. The molecule has 4 heteroatoms. The van der Waals surface area contributed by atoms with Crippen LogP contribution in [0.4, 0.5) is 0 Å². The molecule has 0 aromatic rings. The molecule has 1 amide bonds. The van der Waals surface area contributed by atoms with Crippen LogP contribution in [-0.4, -0.2) is 42.0 Å². The van der Waals surface area contributed by atoms with Gasteiger partial charge < -0.3 is 16.0 Å². The highest BCUT2D eigenvalue weighted by Gasteiger charge is 2.34. The van der Waals surface area contributed by atoms with E-state index >= 15 is 0 Å². The highest BCUT2D eigenvalue weighted by molar-refractivity contribution is 5.84. The lowest BCUT2D eigenvalue weighted by Crippen LogP contribution is -2.61. The number of likely N-dealkylation sites (tertiary alicyclic amines) is 1. The lowest BCUT2D eigenvalue weighted by molar-refractivity contribution is -0.124. The van der Waals surface area contributed by atoms with Crippen LogP contribution >= 0.6 is 0 Å². The van der Waals surface area contributed by atoms with Crippen molar-refractivity contribution in [2.45, 2.75) is 65.0 Å². The Kier molecular flexibility index (Phi) is 6.27. The van der Waals surface area contributed by atoms with E-state index in [1.807, 2.05) is 6.92 Å². The van der Waals surface area contributed by atoms with Crippen molar-refractivity contribution in [3.05, 3.63) is 0 Å². The summed E-state index contributed by atoms with van der Waals surface area (Å²) in [4.78, 5) is 14.2. The topological polar surface area (TPSA) is 58.4 Å².